The van der Waals surface area contributed by atoms with Crippen LogP contribution >= 0.6 is 0 Å². The molecule has 4 fully saturated rings. The fourth-order valence-corrected chi connectivity index (χ4v) is 5.79. The molecule has 0 radical (unpaired) electrons. The quantitative estimate of drug-likeness (QED) is 0.413. The predicted octanol–water partition coefficient (Wildman–Crippen LogP) is 5.45. The summed E-state index contributed by atoms with van der Waals surface area (Å²) >= 11 is 0. The molecule has 2 bridgehead atoms. The Morgan fingerprint density at radius 2 is 1.89 bits per heavy atom. The van der Waals surface area contributed by atoms with Crippen molar-refractivity contribution in [3.63, 3.8) is 0 Å². The Morgan fingerprint density at radius 3 is 2.54 bits per heavy atom. The van der Waals surface area contributed by atoms with Crippen molar-refractivity contribution >= 4 is 18.1 Å². The number of piperidine rings is 3. The van der Waals surface area contributed by atoms with Crippen LogP contribution in [0.3, 0.4) is 0 Å². The van der Waals surface area contributed by atoms with E-state index in [-0.39, 0.29) is 12.1 Å². The normalized spacial score (nSPS) is 25.9. The topological polar surface area (TPSA) is 67.9 Å². The van der Waals surface area contributed by atoms with Crippen LogP contribution in [0.25, 0.3) is 6.08 Å². The molecule has 1 aromatic carbocycles. The fraction of sp³-hybridized carbons (Fsp3) is 0.655. The predicted molar refractivity (Wildman–Crippen MR) is 138 cm³/mol. The first-order valence-corrected chi connectivity index (χ1v) is 13.4. The van der Waals surface area contributed by atoms with Crippen LogP contribution < -0.4 is 5.32 Å². The Morgan fingerprint density at radius 1 is 1.14 bits per heavy atom. The van der Waals surface area contributed by atoms with Crippen LogP contribution in [0.5, 0.6) is 0 Å². The third-order valence-corrected chi connectivity index (χ3v) is 7.68. The molecule has 5 rings (SSSR count). The number of amides is 1. The maximum absolute atomic E-state index is 13.7. The second kappa shape index (κ2) is 11.2. The smallest absolute Gasteiger partial charge is 0.407 e. The number of nitrogens with zero attached hydrogens (tertiary/aromatic N) is 1. The highest BCUT2D eigenvalue weighted by Crippen LogP contribution is 2.42. The van der Waals surface area contributed by atoms with Gasteiger partial charge in [-0.3, -0.25) is 9.69 Å². The summed E-state index contributed by atoms with van der Waals surface area (Å²) in [5, 5.41) is 2.78. The number of carbonyl (C=O) groups excluding carboxylic acids is 2. The van der Waals surface area contributed by atoms with Crippen LogP contribution in [0.4, 0.5) is 4.79 Å². The van der Waals surface area contributed by atoms with E-state index in [1.54, 1.807) is 0 Å². The Balaban J connectivity index is 1.39. The van der Waals surface area contributed by atoms with Crippen LogP contribution in [0.1, 0.15) is 83.3 Å². The molecule has 1 aromatic rings. The SMILES string of the molecule is CC(C)(C)OC(=O)NCC/C=C/c1cccc(C2(C(=O)O[C@H]3CN4CCC3CC4)CCCCC2)c1. The summed E-state index contributed by atoms with van der Waals surface area (Å²) in [4.78, 5) is 28.0. The molecule has 0 spiro atoms. The zero-order chi connectivity index (χ0) is 24.9. The van der Waals surface area contributed by atoms with Gasteiger partial charge in [0, 0.05) is 13.1 Å². The number of hydrogen-bond donors (Lipinski definition) is 1. The van der Waals surface area contributed by atoms with Crippen molar-refractivity contribution in [1.29, 1.82) is 0 Å². The molecule has 3 aliphatic heterocycles. The fourth-order valence-electron chi connectivity index (χ4n) is 5.79. The highest BCUT2D eigenvalue weighted by atomic mass is 16.6. The summed E-state index contributed by atoms with van der Waals surface area (Å²) in [5.41, 5.74) is 1.12. The van der Waals surface area contributed by atoms with Gasteiger partial charge in [0.2, 0.25) is 0 Å². The van der Waals surface area contributed by atoms with Crippen LogP contribution in [-0.4, -0.2) is 54.8 Å². The molecule has 35 heavy (non-hydrogen) atoms. The van der Waals surface area contributed by atoms with E-state index in [0.29, 0.717) is 18.9 Å². The molecule has 1 N–H and O–H groups in total. The van der Waals surface area contributed by atoms with Crippen molar-refractivity contribution in [2.24, 2.45) is 5.92 Å². The Hall–Kier alpha value is -2.34. The molecule has 3 saturated heterocycles. The molecule has 0 unspecified atom stereocenters. The molecule has 1 saturated carbocycles. The van der Waals surface area contributed by atoms with Crippen molar-refractivity contribution in [3.05, 3.63) is 41.5 Å². The van der Waals surface area contributed by atoms with Gasteiger partial charge in [0.15, 0.2) is 0 Å². The van der Waals surface area contributed by atoms with Gasteiger partial charge in [0.05, 0.1) is 5.41 Å². The molecular formula is C29H42N2O4. The third-order valence-electron chi connectivity index (χ3n) is 7.68. The Labute approximate surface area is 210 Å². The van der Waals surface area contributed by atoms with E-state index in [1.807, 2.05) is 26.8 Å². The van der Waals surface area contributed by atoms with Gasteiger partial charge in [-0.25, -0.2) is 4.79 Å². The minimum atomic E-state index is -0.535. The summed E-state index contributed by atoms with van der Waals surface area (Å²) in [6.07, 6.45) is 11.8. The van der Waals surface area contributed by atoms with Gasteiger partial charge in [-0.15, -0.1) is 0 Å². The molecule has 4 aliphatic rings. The van der Waals surface area contributed by atoms with Crippen LogP contribution in [-0.2, 0) is 19.7 Å². The first-order valence-electron chi connectivity index (χ1n) is 13.4. The molecule has 1 amide bonds. The first-order chi connectivity index (χ1) is 16.7. The van der Waals surface area contributed by atoms with Gasteiger partial charge >= 0.3 is 12.1 Å². The van der Waals surface area contributed by atoms with Crippen LogP contribution in [0, 0.1) is 5.92 Å². The Kier molecular flexibility index (Phi) is 8.20. The number of ether oxygens (including phenoxy) is 2. The van der Waals surface area contributed by atoms with E-state index in [2.05, 4.69) is 40.6 Å². The minimum Gasteiger partial charge on any atom is -0.460 e. The second-order valence-corrected chi connectivity index (χ2v) is 11.5. The molecule has 1 aliphatic carbocycles. The number of esters is 1. The number of fused-ring (bicyclic) bond motifs is 3. The molecule has 192 valence electrons. The summed E-state index contributed by atoms with van der Waals surface area (Å²) in [5.74, 6) is 0.506. The van der Waals surface area contributed by atoms with Crippen LogP contribution in [0.15, 0.2) is 30.3 Å². The number of hydrogen-bond acceptors (Lipinski definition) is 5. The lowest BCUT2D eigenvalue weighted by Gasteiger charge is -2.45. The zero-order valence-corrected chi connectivity index (χ0v) is 21.7. The highest BCUT2D eigenvalue weighted by molar-refractivity contribution is 5.84. The first kappa shape index (κ1) is 25.7. The average Bonchev–Trinajstić information content (AvgIpc) is 2.84. The van der Waals surface area contributed by atoms with E-state index in [1.165, 1.54) is 6.42 Å². The molecule has 6 heteroatoms. The molecule has 1 atom stereocenters. The van der Waals surface area contributed by atoms with Crippen molar-refractivity contribution in [1.82, 2.24) is 10.2 Å². The number of carbonyl (C=O) groups is 2. The highest BCUT2D eigenvalue weighted by Gasteiger charge is 2.45. The van der Waals surface area contributed by atoms with Gasteiger partial charge in [-0.1, -0.05) is 55.7 Å². The maximum Gasteiger partial charge on any atom is 0.407 e. The lowest BCUT2D eigenvalue weighted by Crippen LogP contribution is -2.53. The van der Waals surface area contributed by atoms with Crippen molar-refractivity contribution in [3.8, 4) is 0 Å². The summed E-state index contributed by atoms with van der Waals surface area (Å²) in [6.45, 7) is 9.26. The summed E-state index contributed by atoms with van der Waals surface area (Å²) < 4.78 is 11.6. The third kappa shape index (κ3) is 6.66. The van der Waals surface area contributed by atoms with E-state index >= 15 is 0 Å². The second-order valence-electron chi connectivity index (χ2n) is 11.5. The van der Waals surface area contributed by atoms with Gasteiger partial charge in [-0.2, -0.15) is 0 Å². The van der Waals surface area contributed by atoms with Gasteiger partial charge in [0.25, 0.3) is 0 Å². The van der Waals surface area contributed by atoms with Crippen molar-refractivity contribution in [2.45, 2.75) is 89.3 Å². The monoisotopic (exact) mass is 482 g/mol. The van der Waals surface area contributed by atoms with Crippen LogP contribution in [0.2, 0.25) is 0 Å². The van der Waals surface area contributed by atoms with E-state index in [4.69, 9.17) is 9.47 Å². The summed E-state index contributed by atoms with van der Waals surface area (Å²) in [7, 11) is 0. The molecular weight excluding hydrogens is 440 g/mol. The van der Waals surface area contributed by atoms with E-state index in [9.17, 15) is 9.59 Å². The number of rotatable bonds is 7. The molecule has 0 aromatic heterocycles. The lowest BCUT2D eigenvalue weighted by molar-refractivity contribution is -0.167. The molecule has 3 heterocycles. The minimum absolute atomic E-state index is 0.0151. The lowest BCUT2D eigenvalue weighted by atomic mass is 9.69. The summed E-state index contributed by atoms with van der Waals surface area (Å²) in [6, 6.07) is 8.37. The molecule has 6 nitrogen and oxygen atoms in total. The van der Waals surface area contributed by atoms with Gasteiger partial charge in [0.1, 0.15) is 11.7 Å². The zero-order valence-electron chi connectivity index (χ0n) is 21.7. The number of benzene rings is 1. The average molecular weight is 483 g/mol. The standard InChI is InChI=1S/C29H42N2O4/c1-28(2,3)35-27(33)30-17-8-5-10-22-11-9-12-24(20-22)29(15-6-4-7-16-29)26(32)34-25-21-31-18-13-23(25)14-19-31/h5,9-12,20,23,25H,4,6-8,13-19,21H2,1-3H3,(H,30,33)/b10-5+/t25-/m0/s1. The van der Waals surface area contributed by atoms with Gasteiger partial charge in [-0.05, 0) is 83.0 Å². The number of alkyl carbamates (subject to hydrolysis) is 1. The van der Waals surface area contributed by atoms with Gasteiger partial charge < -0.3 is 14.8 Å². The largest absolute Gasteiger partial charge is 0.460 e. The van der Waals surface area contributed by atoms with E-state index in [0.717, 1.165) is 69.3 Å². The number of nitrogens with one attached hydrogen (secondary N) is 1. The van der Waals surface area contributed by atoms with E-state index < -0.39 is 17.1 Å². The maximum atomic E-state index is 13.7. The van der Waals surface area contributed by atoms with Crippen molar-refractivity contribution < 1.29 is 19.1 Å². The Bertz CT molecular complexity index is 906. The van der Waals surface area contributed by atoms with Crippen molar-refractivity contribution in [2.75, 3.05) is 26.2 Å².